The topological polar surface area (TPSA) is 41.6 Å². The molecule has 5 heteroatoms. The van der Waals surface area contributed by atoms with Gasteiger partial charge in [-0.2, -0.15) is 0 Å². The molecule has 0 aliphatic rings. The van der Waals surface area contributed by atoms with Gasteiger partial charge in [-0.3, -0.25) is 9.69 Å². The van der Waals surface area contributed by atoms with Gasteiger partial charge in [0.05, 0.1) is 6.54 Å². The molecule has 0 radical (unpaired) electrons. The normalized spacial score (nSPS) is 10.7. The number of carbonyl (C=O) groups is 1. The molecule has 2 aromatic carbocycles. The third kappa shape index (κ3) is 5.66. The molecule has 0 aliphatic carbocycles. The van der Waals surface area contributed by atoms with Crippen molar-refractivity contribution >= 4 is 11.6 Å². The molecule has 0 saturated carbocycles. The first-order chi connectivity index (χ1) is 11.6. The molecule has 2 rings (SSSR count). The third-order valence-corrected chi connectivity index (χ3v) is 3.64. The highest BCUT2D eigenvalue weighted by Crippen LogP contribution is 2.15. The molecule has 1 N–H and O–H groups in total. The fourth-order valence-electron chi connectivity index (χ4n) is 2.31. The number of halogens is 1. The van der Waals surface area contributed by atoms with Gasteiger partial charge in [0.25, 0.3) is 0 Å². The lowest BCUT2D eigenvalue weighted by Crippen LogP contribution is -2.33. The number of aryl methyl sites for hydroxylation is 1. The first kappa shape index (κ1) is 17.9. The van der Waals surface area contributed by atoms with Crippen LogP contribution in [0.25, 0.3) is 0 Å². The van der Waals surface area contributed by atoms with Crippen molar-refractivity contribution in [1.29, 1.82) is 0 Å². The highest BCUT2D eigenvalue weighted by atomic mass is 19.1. The fourth-order valence-corrected chi connectivity index (χ4v) is 2.31. The predicted octanol–water partition coefficient (Wildman–Crippen LogP) is 3.34. The van der Waals surface area contributed by atoms with E-state index in [0.717, 1.165) is 17.7 Å². The Labute approximate surface area is 142 Å². The maximum atomic E-state index is 12.8. The van der Waals surface area contributed by atoms with Crippen LogP contribution in [0.2, 0.25) is 0 Å². The number of rotatable bonds is 8. The van der Waals surface area contributed by atoms with Crippen LogP contribution in [-0.2, 0) is 11.2 Å². The Bertz CT molecular complexity index is 659. The summed E-state index contributed by atoms with van der Waals surface area (Å²) >= 11 is 0. The summed E-state index contributed by atoms with van der Waals surface area (Å²) in [7, 11) is 1.86. The van der Waals surface area contributed by atoms with E-state index in [9.17, 15) is 9.18 Å². The molecule has 0 bridgehead atoms. The lowest BCUT2D eigenvalue weighted by Gasteiger charge is -2.17. The Balaban J connectivity index is 1.74. The van der Waals surface area contributed by atoms with Crippen molar-refractivity contribution < 1.29 is 13.9 Å². The number of nitrogens with one attached hydrogen (secondary N) is 1. The summed E-state index contributed by atoms with van der Waals surface area (Å²) in [6.45, 7) is 3.37. The van der Waals surface area contributed by atoms with Crippen molar-refractivity contribution in [3.63, 3.8) is 0 Å². The number of ether oxygens (including phenoxy) is 1. The minimum absolute atomic E-state index is 0.0554. The van der Waals surface area contributed by atoms with Crippen LogP contribution >= 0.6 is 0 Å². The van der Waals surface area contributed by atoms with Crippen LogP contribution < -0.4 is 10.1 Å². The zero-order chi connectivity index (χ0) is 17.4. The number of likely N-dealkylation sites (N-methyl/N-ethyl adjacent to an activating group) is 1. The number of carbonyl (C=O) groups excluding carboxylic acids is 1. The summed E-state index contributed by atoms with van der Waals surface area (Å²) in [5.74, 6) is 0.273. The molecule has 2 aromatic rings. The van der Waals surface area contributed by atoms with E-state index in [-0.39, 0.29) is 18.3 Å². The molecular weight excluding hydrogens is 307 g/mol. The highest BCUT2D eigenvalue weighted by Gasteiger charge is 2.09. The van der Waals surface area contributed by atoms with Crippen molar-refractivity contribution in [2.45, 2.75) is 13.3 Å². The van der Waals surface area contributed by atoms with Gasteiger partial charge in [0, 0.05) is 12.2 Å². The second-order valence-corrected chi connectivity index (χ2v) is 5.60. The molecule has 0 unspecified atom stereocenters. The largest absolute Gasteiger partial charge is 0.492 e. The van der Waals surface area contributed by atoms with Crippen molar-refractivity contribution in [3.8, 4) is 5.75 Å². The molecule has 0 aromatic heterocycles. The Morgan fingerprint density at radius 1 is 1.17 bits per heavy atom. The molecule has 0 spiro atoms. The van der Waals surface area contributed by atoms with E-state index in [2.05, 4.69) is 12.2 Å². The van der Waals surface area contributed by atoms with Gasteiger partial charge in [-0.25, -0.2) is 4.39 Å². The molecule has 128 valence electrons. The summed E-state index contributed by atoms with van der Waals surface area (Å²) in [6.07, 6.45) is 0.873. The second-order valence-electron chi connectivity index (χ2n) is 5.60. The summed E-state index contributed by atoms with van der Waals surface area (Å²) < 4.78 is 18.3. The number of nitrogens with zero attached hydrogens (tertiary/aromatic N) is 1. The van der Waals surface area contributed by atoms with Crippen LogP contribution in [-0.4, -0.2) is 37.6 Å². The average molecular weight is 330 g/mol. The van der Waals surface area contributed by atoms with E-state index in [1.165, 1.54) is 12.1 Å². The Kier molecular flexibility index (Phi) is 6.75. The zero-order valence-electron chi connectivity index (χ0n) is 14.1. The highest BCUT2D eigenvalue weighted by molar-refractivity contribution is 5.92. The molecule has 0 atom stereocenters. The first-order valence-electron chi connectivity index (χ1n) is 8.03. The van der Waals surface area contributed by atoms with Gasteiger partial charge in [0.2, 0.25) is 5.91 Å². The molecule has 0 fully saturated rings. The standard InChI is InChI=1S/C19H23FN2O2/c1-3-15-6-4-5-7-18(15)21-19(23)14-22(2)12-13-24-17-10-8-16(20)9-11-17/h4-11H,3,12-14H2,1-2H3,(H,21,23). The van der Waals surface area contributed by atoms with Crippen LogP contribution in [0.4, 0.5) is 10.1 Å². The summed E-state index contributed by atoms with van der Waals surface area (Å²) in [5.41, 5.74) is 1.98. The second kappa shape index (κ2) is 9.03. The first-order valence-corrected chi connectivity index (χ1v) is 8.03. The smallest absolute Gasteiger partial charge is 0.238 e. The van der Waals surface area contributed by atoms with Gasteiger partial charge in [-0.1, -0.05) is 25.1 Å². The van der Waals surface area contributed by atoms with E-state index in [1.807, 2.05) is 36.2 Å². The maximum absolute atomic E-state index is 12.8. The third-order valence-electron chi connectivity index (χ3n) is 3.64. The molecule has 1 amide bonds. The number of hydrogen-bond donors (Lipinski definition) is 1. The van der Waals surface area contributed by atoms with Crippen LogP contribution in [0.1, 0.15) is 12.5 Å². The minimum atomic E-state index is -0.288. The molecule has 0 aliphatic heterocycles. The number of anilines is 1. The minimum Gasteiger partial charge on any atom is -0.492 e. The van der Waals surface area contributed by atoms with Crippen LogP contribution in [0.15, 0.2) is 48.5 Å². The Morgan fingerprint density at radius 2 is 1.88 bits per heavy atom. The van der Waals surface area contributed by atoms with E-state index in [1.54, 1.807) is 12.1 Å². The number of para-hydroxylation sites is 1. The lowest BCUT2D eigenvalue weighted by molar-refractivity contribution is -0.117. The van der Waals surface area contributed by atoms with Gasteiger partial charge in [0.1, 0.15) is 18.2 Å². The number of amides is 1. The molecule has 0 heterocycles. The Morgan fingerprint density at radius 3 is 2.58 bits per heavy atom. The zero-order valence-corrected chi connectivity index (χ0v) is 14.1. The number of hydrogen-bond acceptors (Lipinski definition) is 3. The average Bonchev–Trinajstić information content (AvgIpc) is 2.57. The summed E-state index contributed by atoms with van der Waals surface area (Å²) in [5, 5.41) is 2.94. The van der Waals surface area contributed by atoms with Crippen molar-refractivity contribution in [1.82, 2.24) is 4.90 Å². The number of benzene rings is 2. The van der Waals surface area contributed by atoms with E-state index >= 15 is 0 Å². The molecule has 0 saturated heterocycles. The fraction of sp³-hybridized carbons (Fsp3) is 0.316. The van der Waals surface area contributed by atoms with Crippen molar-refractivity contribution in [2.75, 3.05) is 32.1 Å². The van der Waals surface area contributed by atoms with E-state index in [0.29, 0.717) is 18.9 Å². The summed E-state index contributed by atoms with van der Waals surface area (Å²) in [4.78, 5) is 14.0. The van der Waals surface area contributed by atoms with E-state index < -0.39 is 0 Å². The molecular formula is C19H23FN2O2. The van der Waals surface area contributed by atoms with Crippen molar-refractivity contribution in [3.05, 3.63) is 59.9 Å². The van der Waals surface area contributed by atoms with Gasteiger partial charge >= 0.3 is 0 Å². The quantitative estimate of drug-likeness (QED) is 0.807. The van der Waals surface area contributed by atoms with Crippen LogP contribution in [0.3, 0.4) is 0 Å². The predicted molar refractivity (Wildman–Crippen MR) is 93.8 cm³/mol. The van der Waals surface area contributed by atoms with E-state index in [4.69, 9.17) is 4.74 Å². The monoisotopic (exact) mass is 330 g/mol. The van der Waals surface area contributed by atoms with Gasteiger partial charge < -0.3 is 10.1 Å². The SMILES string of the molecule is CCc1ccccc1NC(=O)CN(C)CCOc1ccc(F)cc1. The van der Waals surface area contributed by atoms with Crippen LogP contribution in [0.5, 0.6) is 5.75 Å². The van der Waals surface area contributed by atoms with Gasteiger partial charge in [-0.15, -0.1) is 0 Å². The van der Waals surface area contributed by atoms with Gasteiger partial charge in [0.15, 0.2) is 0 Å². The summed E-state index contributed by atoms with van der Waals surface area (Å²) in [6, 6.07) is 13.7. The van der Waals surface area contributed by atoms with Gasteiger partial charge in [-0.05, 0) is 49.4 Å². The van der Waals surface area contributed by atoms with Crippen LogP contribution in [0, 0.1) is 5.82 Å². The molecule has 24 heavy (non-hydrogen) atoms. The maximum Gasteiger partial charge on any atom is 0.238 e. The lowest BCUT2D eigenvalue weighted by atomic mass is 10.1. The molecule has 4 nitrogen and oxygen atoms in total. The Hall–Kier alpha value is -2.40. The van der Waals surface area contributed by atoms with Crippen molar-refractivity contribution in [2.24, 2.45) is 0 Å².